The summed E-state index contributed by atoms with van der Waals surface area (Å²) in [6.45, 7) is 3.25. The normalized spacial score (nSPS) is 11.0. The van der Waals surface area contributed by atoms with Crippen molar-refractivity contribution in [3.8, 4) is 5.75 Å². The van der Waals surface area contributed by atoms with E-state index in [2.05, 4.69) is 26.0 Å². The van der Waals surface area contributed by atoms with Gasteiger partial charge in [-0.05, 0) is 54.9 Å². The van der Waals surface area contributed by atoms with E-state index in [1.54, 1.807) is 6.07 Å². The summed E-state index contributed by atoms with van der Waals surface area (Å²) in [6.07, 6.45) is 0. The van der Waals surface area contributed by atoms with Crippen LogP contribution < -0.4 is 10.1 Å². The minimum absolute atomic E-state index is 0. The van der Waals surface area contributed by atoms with Crippen LogP contribution in [0.5, 0.6) is 5.75 Å². The molecule has 0 aliphatic carbocycles. The van der Waals surface area contributed by atoms with Gasteiger partial charge in [-0.15, -0.1) is 12.4 Å². The zero-order valence-corrected chi connectivity index (χ0v) is 12.2. The summed E-state index contributed by atoms with van der Waals surface area (Å²) in [6, 6.07) is 4.72. The number of alkyl halides is 2. The van der Waals surface area contributed by atoms with Crippen molar-refractivity contribution in [1.29, 1.82) is 0 Å². The van der Waals surface area contributed by atoms with Crippen LogP contribution in [0.3, 0.4) is 0 Å². The van der Waals surface area contributed by atoms with Gasteiger partial charge in [0, 0.05) is 15.7 Å². The average molecular weight is 331 g/mol. The molecule has 1 rings (SSSR count). The van der Waals surface area contributed by atoms with Crippen molar-refractivity contribution in [2.24, 2.45) is 0 Å². The Morgan fingerprint density at radius 3 is 2.29 bits per heavy atom. The maximum absolute atomic E-state index is 12.0. The maximum atomic E-state index is 12.0. The van der Waals surface area contributed by atoms with Gasteiger partial charge in [-0.1, -0.05) is 0 Å². The van der Waals surface area contributed by atoms with Gasteiger partial charge in [0.05, 0.1) is 0 Å². The summed E-state index contributed by atoms with van der Waals surface area (Å²) in [7, 11) is 0. The van der Waals surface area contributed by atoms with Crippen molar-refractivity contribution < 1.29 is 13.5 Å². The molecule has 0 saturated carbocycles. The van der Waals surface area contributed by atoms with E-state index in [-0.39, 0.29) is 23.7 Å². The lowest BCUT2D eigenvalue weighted by Crippen LogP contribution is -2.26. The van der Waals surface area contributed by atoms with Crippen molar-refractivity contribution >= 4 is 34.0 Å². The molecular weight excluding hydrogens is 315 g/mol. The van der Waals surface area contributed by atoms with Gasteiger partial charge in [-0.2, -0.15) is 8.78 Å². The molecule has 1 aromatic rings. The molecule has 0 aromatic heterocycles. The van der Waals surface area contributed by atoms with Crippen LogP contribution in [-0.4, -0.2) is 12.2 Å². The van der Waals surface area contributed by atoms with Gasteiger partial charge in [0.25, 0.3) is 0 Å². The van der Waals surface area contributed by atoms with E-state index < -0.39 is 6.61 Å². The van der Waals surface area contributed by atoms with Gasteiger partial charge in [0.15, 0.2) is 0 Å². The van der Waals surface area contributed by atoms with Gasteiger partial charge in [0.2, 0.25) is 0 Å². The Balaban J connectivity index is 0.00000256. The Morgan fingerprint density at radius 1 is 1.29 bits per heavy atom. The first-order valence-corrected chi connectivity index (χ1v) is 5.60. The smallest absolute Gasteiger partial charge is 0.387 e. The lowest BCUT2D eigenvalue weighted by molar-refractivity contribution is -0.0498. The van der Waals surface area contributed by atoms with E-state index >= 15 is 0 Å². The van der Waals surface area contributed by atoms with E-state index in [1.807, 2.05) is 20.8 Å². The monoisotopic (exact) mass is 329 g/mol. The summed E-state index contributed by atoms with van der Waals surface area (Å²) in [5.41, 5.74) is 0.752. The number of hydrogen-bond acceptors (Lipinski definition) is 2. The van der Waals surface area contributed by atoms with Gasteiger partial charge in [-0.25, -0.2) is 0 Å². The largest absolute Gasteiger partial charge is 0.435 e. The Kier molecular flexibility index (Phi) is 6.19. The third kappa shape index (κ3) is 6.07. The molecule has 1 N–H and O–H groups in total. The van der Waals surface area contributed by atoms with Gasteiger partial charge in [0.1, 0.15) is 5.75 Å². The maximum Gasteiger partial charge on any atom is 0.387 e. The van der Waals surface area contributed by atoms with Crippen LogP contribution in [0.25, 0.3) is 0 Å². The summed E-state index contributed by atoms with van der Waals surface area (Å²) in [5, 5.41) is 3.24. The van der Waals surface area contributed by atoms with Crippen LogP contribution >= 0.6 is 28.3 Å². The summed E-state index contributed by atoms with van der Waals surface area (Å²) in [4.78, 5) is 0. The Bertz CT molecular complexity index is 369. The molecule has 0 amide bonds. The highest BCUT2D eigenvalue weighted by molar-refractivity contribution is 9.10. The predicted octanol–water partition coefficient (Wildman–Crippen LogP) is 4.68. The highest BCUT2D eigenvalue weighted by Gasteiger charge is 2.12. The molecule has 0 aliphatic rings. The molecule has 6 heteroatoms. The van der Waals surface area contributed by atoms with Crippen molar-refractivity contribution in [3.05, 3.63) is 22.7 Å². The van der Waals surface area contributed by atoms with Crippen molar-refractivity contribution in [1.82, 2.24) is 0 Å². The lowest BCUT2D eigenvalue weighted by atomic mass is 10.1. The average Bonchev–Trinajstić information content (AvgIpc) is 2.06. The summed E-state index contributed by atoms with van der Waals surface area (Å²) < 4.78 is 28.9. The molecule has 0 fully saturated rings. The summed E-state index contributed by atoms with van der Waals surface area (Å²) >= 11 is 3.30. The van der Waals surface area contributed by atoms with Crippen LogP contribution in [0.15, 0.2) is 22.7 Å². The van der Waals surface area contributed by atoms with E-state index in [1.165, 1.54) is 12.1 Å². The number of anilines is 1. The fourth-order valence-electron chi connectivity index (χ4n) is 1.18. The van der Waals surface area contributed by atoms with Crippen LogP contribution in [0.4, 0.5) is 14.5 Å². The van der Waals surface area contributed by atoms with Crippen LogP contribution in [0.2, 0.25) is 0 Å². The molecule has 1 aromatic carbocycles. The molecule has 0 saturated heterocycles. The Morgan fingerprint density at radius 2 is 1.88 bits per heavy atom. The molecule has 0 radical (unpaired) electrons. The Hall–Kier alpha value is -0.550. The number of halogens is 4. The fraction of sp³-hybridized carbons (Fsp3) is 0.455. The minimum Gasteiger partial charge on any atom is -0.435 e. The molecule has 0 aliphatic heterocycles. The molecule has 17 heavy (non-hydrogen) atoms. The molecule has 0 spiro atoms. The second-order valence-corrected chi connectivity index (χ2v) is 5.25. The number of hydrogen-bond donors (Lipinski definition) is 1. The highest BCUT2D eigenvalue weighted by Crippen LogP contribution is 2.29. The molecule has 0 bridgehead atoms. The van der Waals surface area contributed by atoms with Crippen molar-refractivity contribution in [2.45, 2.75) is 32.9 Å². The van der Waals surface area contributed by atoms with E-state index in [4.69, 9.17) is 0 Å². The van der Waals surface area contributed by atoms with Crippen LogP contribution in [0.1, 0.15) is 20.8 Å². The van der Waals surface area contributed by atoms with E-state index in [0.29, 0.717) is 4.47 Å². The number of rotatable bonds is 3. The van der Waals surface area contributed by atoms with Gasteiger partial charge in [-0.3, -0.25) is 0 Å². The number of benzene rings is 1. The first-order chi connectivity index (χ1) is 7.28. The van der Waals surface area contributed by atoms with Gasteiger partial charge >= 0.3 is 6.61 Å². The SMILES string of the molecule is CC(C)(C)Nc1ccc(OC(F)F)cc1Br.Cl. The highest BCUT2D eigenvalue weighted by atomic mass is 79.9. The third-order valence-corrected chi connectivity index (χ3v) is 2.33. The van der Waals surface area contributed by atoms with Crippen molar-refractivity contribution in [2.75, 3.05) is 5.32 Å². The lowest BCUT2D eigenvalue weighted by Gasteiger charge is -2.23. The molecule has 0 heterocycles. The van der Waals surface area contributed by atoms with E-state index in [9.17, 15) is 8.78 Å². The minimum atomic E-state index is -2.80. The van der Waals surface area contributed by atoms with Gasteiger partial charge < -0.3 is 10.1 Å². The first-order valence-electron chi connectivity index (χ1n) is 4.80. The standard InChI is InChI=1S/C11H14BrF2NO.ClH/c1-11(2,3)15-9-5-4-7(6-8(9)12)16-10(13)14;/h4-6,10,15H,1-3H3;1H. The fourth-order valence-corrected chi connectivity index (χ4v) is 1.63. The second kappa shape index (κ2) is 6.40. The van der Waals surface area contributed by atoms with Crippen LogP contribution in [-0.2, 0) is 0 Å². The molecule has 98 valence electrons. The molecule has 0 unspecified atom stereocenters. The molecular formula is C11H15BrClF2NO. The second-order valence-electron chi connectivity index (χ2n) is 4.40. The summed E-state index contributed by atoms with van der Waals surface area (Å²) in [5.74, 6) is 0.140. The first kappa shape index (κ1) is 16.4. The number of ether oxygens (including phenoxy) is 1. The quantitative estimate of drug-likeness (QED) is 0.868. The number of nitrogens with one attached hydrogen (secondary N) is 1. The molecule has 2 nitrogen and oxygen atoms in total. The zero-order valence-electron chi connectivity index (χ0n) is 9.76. The predicted molar refractivity (Wildman–Crippen MR) is 71.4 cm³/mol. The molecule has 0 atom stereocenters. The zero-order chi connectivity index (χ0) is 12.3. The van der Waals surface area contributed by atoms with E-state index in [0.717, 1.165) is 5.69 Å². The van der Waals surface area contributed by atoms with Crippen LogP contribution in [0, 0.1) is 0 Å². The van der Waals surface area contributed by atoms with Crippen molar-refractivity contribution in [3.63, 3.8) is 0 Å². The third-order valence-electron chi connectivity index (χ3n) is 1.68. The topological polar surface area (TPSA) is 21.3 Å². The Labute approximate surface area is 114 Å².